The number of halogens is 1. The molecule has 0 fully saturated rings. The molecule has 0 saturated heterocycles. The lowest BCUT2D eigenvalue weighted by molar-refractivity contribution is 1.13. The molecule has 0 aliphatic carbocycles. The number of nitrogens with one attached hydrogen (secondary N) is 1. The lowest BCUT2D eigenvalue weighted by atomic mass is 10.0. The van der Waals surface area contributed by atoms with E-state index in [0.29, 0.717) is 10.6 Å². The molecule has 0 saturated carbocycles. The van der Waals surface area contributed by atoms with Gasteiger partial charge in [0.05, 0.1) is 16.3 Å². The smallest absolute Gasteiger partial charge is 0.103 e. The van der Waals surface area contributed by atoms with Crippen LogP contribution in [0.5, 0.6) is 0 Å². The minimum Gasteiger partial charge on any atom is -0.354 e. The highest BCUT2D eigenvalue weighted by Crippen LogP contribution is 2.30. The first-order valence-corrected chi connectivity index (χ1v) is 6.59. The van der Waals surface area contributed by atoms with E-state index >= 15 is 0 Å². The van der Waals surface area contributed by atoms with E-state index in [1.165, 1.54) is 5.56 Å². The SMILES string of the molecule is CCc1cccc(C)c1Nc1cccc(Cl)c1C#N. The number of rotatable bonds is 3. The van der Waals surface area contributed by atoms with Crippen molar-refractivity contribution in [3.8, 4) is 6.07 Å². The summed E-state index contributed by atoms with van der Waals surface area (Å²) in [5.74, 6) is 0. The van der Waals surface area contributed by atoms with E-state index in [-0.39, 0.29) is 0 Å². The monoisotopic (exact) mass is 270 g/mol. The normalized spacial score (nSPS) is 10.0. The largest absolute Gasteiger partial charge is 0.354 e. The molecule has 2 nitrogen and oxygen atoms in total. The van der Waals surface area contributed by atoms with Gasteiger partial charge in [0.25, 0.3) is 0 Å². The quantitative estimate of drug-likeness (QED) is 0.867. The molecule has 96 valence electrons. The van der Waals surface area contributed by atoms with Crippen molar-refractivity contribution in [2.24, 2.45) is 0 Å². The third kappa shape index (κ3) is 2.72. The summed E-state index contributed by atoms with van der Waals surface area (Å²) in [6.45, 7) is 4.17. The zero-order chi connectivity index (χ0) is 13.8. The Kier molecular flexibility index (Phi) is 4.09. The van der Waals surface area contributed by atoms with Crippen LogP contribution in [-0.2, 0) is 6.42 Å². The number of nitrogens with zero attached hydrogens (tertiary/aromatic N) is 1. The molecular formula is C16H15ClN2. The van der Waals surface area contributed by atoms with Crippen molar-refractivity contribution in [1.82, 2.24) is 0 Å². The third-order valence-electron chi connectivity index (χ3n) is 3.13. The van der Waals surface area contributed by atoms with Crippen LogP contribution < -0.4 is 5.32 Å². The Bertz CT molecular complexity index is 642. The van der Waals surface area contributed by atoms with Crippen LogP contribution in [0.15, 0.2) is 36.4 Å². The summed E-state index contributed by atoms with van der Waals surface area (Å²) in [6, 6.07) is 13.8. The van der Waals surface area contributed by atoms with Crippen molar-refractivity contribution >= 4 is 23.0 Å². The molecule has 2 aromatic carbocycles. The van der Waals surface area contributed by atoms with Gasteiger partial charge >= 0.3 is 0 Å². The number of nitriles is 1. The molecule has 3 heteroatoms. The molecule has 0 atom stereocenters. The summed E-state index contributed by atoms with van der Waals surface area (Å²) in [5.41, 5.74) is 4.67. The molecule has 2 rings (SSSR count). The lowest BCUT2D eigenvalue weighted by Gasteiger charge is -2.15. The fraction of sp³-hybridized carbons (Fsp3) is 0.188. The maximum Gasteiger partial charge on any atom is 0.103 e. The Hall–Kier alpha value is -1.98. The molecule has 0 bridgehead atoms. The van der Waals surface area contributed by atoms with Crippen LogP contribution in [0.4, 0.5) is 11.4 Å². The van der Waals surface area contributed by atoms with Gasteiger partial charge in [-0.3, -0.25) is 0 Å². The molecule has 19 heavy (non-hydrogen) atoms. The van der Waals surface area contributed by atoms with Crippen LogP contribution in [0.1, 0.15) is 23.6 Å². The zero-order valence-electron chi connectivity index (χ0n) is 11.0. The molecule has 0 aromatic heterocycles. The lowest BCUT2D eigenvalue weighted by Crippen LogP contribution is -2.00. The topological polar surface area (TPSA) is 35.8 Å². The molecule has 0 amide bonds. The van der Waals surface area contributed by atoms with Gasteiger partial charge in [-0.25, -0.2) is 0 Å². The molecule has 0 aliphatic rings. The zero-order valence-corrected chi connectivity index (χ0v) is 11.8. The van der Waals surface area contributed by atoms with Crippen LogP contribution in [0.2, 0.25) is 5.02 Å². The van der Waals surface area contributed by atoms with E-state index in [9.17, 15) is 5.26 Å². The van der Waals surface area contributed by atoms with Gasteiger partial charge in [0.15, 0.2) is 0 Å². The number of hydrogen-bond acceptors (Lipinski definition) is 2. The van der Waals surface area contributed by atoms with E-state index in [1.807, 2.05) is 18.2 Å². The van der Waals surface area contributed by atoms with Crippen molar-refractivity contribution in [3.63, 3.8) is 0 Å². The molecule has 1 N–H and O–H groups in total. The Balaban J connectivity index is 2.48. The first-order valence-electron chi connectivity index (χ1n) is 6.21. The van der Waals surface area contributed by atoms with Crippen LogP contribution in [-0.4, -0.2) is 0 Å². The van der Waals surface area contributed by atoms with Crippen molar-refractivity contribution in [1.29, 1.82) is 5.26 Å². The highest BCUT2D eigenvalue weighted by Gasteiger charge is 2.09. The summed E-state index contributed by atoms with van der Waals surface area (Å²) < 4.78 is 0. The maximum atomic E-state index is 9.20. The van der Waals surface area contributed by atoms with Crippen molar-refractivity contribution in [3.05, 3.63) is 58.1 Å². The van der Waals surface area contributed by atoms with E-state index in [0.717, 1.165) is 23.4 Å². The standard InChI is InChI=1S/C16H15ClN2/c1-3-12-7-4-6-11(2)16(12)19-15-9-5-8-14(17)13(15)10-18/h4-9,19H,3H2,1-2H3. The molecule has 0 unspecified atom stereocenters. The summed E-state index contributed by atoms with van der Waals surface area (Å²) in [4.78, 5) is 0. The fourth-order valence-corrected chi connectivity index (χ4v) is 2.30. The third-order valence-corrected chi connectivity index (χ3v) is 3.44. The van der Waals surface area contributed by atoms with Gasteiger partial charge in [-0.05, 0) is 36.6 Å². The second-order valence-electron chi connectivity index (χ2n) is 4.36. The van der Waals surface area contributed by atoms with Crippen LogP contribution in [0.3, 0.4) is 0 Å². The highest BCUT2D eigenvalue weighted by molar-refractivity contribution is 6.32. The number of hydrogen-bond donors (Lipinski definition) is 1. The van der Waals surface area contributed by atoms with Gasteiger partial charge < -0.3 is 5.32 Å². The van der Waals surface area contributed by atoms with Crippen LogP contribution in [0, 0.1) is 18.3 Å². The summed E-state index contributed by atoms with van der Waals surface area (Å²) in [5, 5.41) is 13.0. The molecule has 2 aromatic rings. The van der Waals surface area contributed by atoms with Gasteiger partial charge in [0, 0.05) is 5.69 Å². The van der Waals surface area contributed by atoms with Gasteiger partial charge in [-0.2, -0.15) is 5.26 Å². The average molecular weight is 271 g/mol. The first-order chi connectivity index (χ1) is 9.17. The minimum atomic E-state index is 0.471. The Labute approximate surface area is 118 Å². The van der Waals surface area contributed by atoms with Gasteiger partial charge in [0.1, 0.15) is 6.07 Å². The summed E-state index contributed by atoms with van der Waals surface area (Å²) >= 11 is 6.05. The maximum absolute atomic E-state index is 9.20. The second-order valence-corrected chi connectivity index (χ2v) is 4.77. The molecule has 0 aliphatic heterocycles. The Morgan fingerprint density at radius 3 is 2.63 bits per heavy atom. The average Bonchev–Trinajstić information content (AvgIpc) is 2.41. The predicted molar refractivity (Wildman–Crippen MR) is 80.0 cm³/mol. The summed E-state index contributed by atoms with van der Waals surface area (Å²) in [7, 11) is 0. The van der Waals surface area contributed by atoms with Gasteiger partial charge in [0.2, 0.25) is 0 Å². The number of anilines is 2. The highest BCUT2D eigenvalue weighted by atomic mass is 35.5. The van der Waals surface area contributed by atoms with Gasteiger partial charge in [-0.15, -0.1) is 0 Å². The van der Waals surface area contributed by atoms with E-state index < -0.39 is 0 Å². The fourth-order valence-electron chi connectivity index (χ4n) is 2.08. The van der Waals surface area contributed by atoms with Crippen molar-refractivity contribution in [2.45, 2.75) is 20.3 Å². The molecule has 0 spiro atoms. The van der Waals surface area contributed by atoms with E-state index in [1.54, 1.807) is 6.07 Å². The first kappa shape index (κ1) is 13.5. The van der Waals surface area contributed by atoms with Crippen molar-refractivity contribution < 1.29 is 0 Å². The second kappa shape index (κ2) is 5.77. The predicted octanol–water partition coefficient (Wildman–Crippen LogP) is 4.83. The van der Waals surface area contributed by atoms with Crippen LogP contribution >= 0.6 is 11.6 Å². The van der Waals surface area contributed by atoms with Gasteiger partial charge in [-0.1, -0.05) is 42.8 Å². The Morgan fingerprint density at radius 1 is 1.21 bits per heavy atom. The number of aryl methyl sites for hydroxylation is 2. The minimum absolute atomic E-state index is 0.471. The molecule has 0 radical (unpaired) electrons. The van der Waals surface area contributed by atoms with E-state index in [2.05, 4.69) is 37.4 Å². The number of para-hydroxylation sites is 1. The summed E-state index contributed by atoms with van der Waals surface area (Å²) in [6.07, 6.45) is 0.937. The van der Waals surface area contributed by atoms with Crippen molar-refractivity contribution in [2.75, 3.05) is 5.32 Å². The molecular weight excluding hydrogens is 256 g/mol. The van der Waals surface area contributed by atoms with Crippen LogP contribution in [0.25, 0.3) is 0 Å². The number of benzene rings is 2. The Morgan fingerprint density at radius 2 is 1.95 bits per heavy atom. The van der Waals surface area contributed by atoms with E-state index in [4.69, 9.17) is 11.6 Å². The molecule has 0 heterocycles.